The van der Waals surface area contributed by atoms with E-state index in [9.17, 15) is 40.9 Å². The molecule has 2 fully saturated rings. The van der Waals surface area contributed by atoms with Crippen LogP contribution in [0.3, 0.4) is 0 Å². The first-order chi connectivity index (χ1) is 17.7. The summed E-state index contributed by atoms with van der Waals surface area (Å²) in [4.78, 5) is 0. The fraction of sp³-hybridized carbons (Fsp3) is 1.00. The maximum atomic E-state index is 10.2. The summed E-state index contributed by atoms with van der Waals surface area (Å²) in [6, 6.07) is 0. The first-order valence-corrected chi connectivity index (χ1v) is 13.6. The monoisotopic (exact) mass is 540 g/mol. The average molecular weight is 541 g/mol. The Balaban J connectivity index is 1.91. The van der Waals surface area contributed by atoms with Gasteiger partial charge in [-0.15, -0.1) is 0 Å². The highest BCUT2D eigenvalue weighted by atomic mass is 16.7. The van der Waals surface area contributed by atoms with Crippen LogP contribution in [0.2, 0.25) is 0 Å². The molecule has 2 aliphatic heterocycles. The van der Waals surface area contributed by atoms with Gasteiger partial charge < -0.3 is 59.8 Å². The van der Waals surface area contributed by atoms with Gasteiger partial charge in [0.05, 0.1) is 26.4 Å². The molecule has 2 saturated heterocycles. The Bertz CT molecular complexity index is 554. The summed E-state index contributed by atoms with van der Waals surface area (Å²) >= 11 is 0. The zero-order valence-corrected chi connectivity index (χ0v) is 21.8. The van der Waals surface area contributed by atoms with E-state index in [1.807, 2.05) is 0 Å². The maximum Gasteiger partial charge on any atom is 0.186 e. The molecular weight excluding hydrogens is 492 g/mol. The smallest absolute Gasteiger partial charge is 0.186 e. The molecule has 12 heteroatoms. The van der Waals surface area contributed by atoms with Gasteiger partial charge in [0.1, 0.15) is 48.8 Å². The second-order valence-electron chi connectivity index (χ2n) is 10.2. The van der Waals surface area contributed by atoms with Crippen LogP contribution < -0.4 is 0 Å². The molecule has 2 rings (SSSR count). The summed E-state index contributed by atoms with van der Waals surface area (Å²) < 4.78 is 22.2. The van der Waals surface area contributed by atoms with Crippen LogP contribution in [0.25, 0.3) is 0 Å². The molecule has 0 spiro atoms. The molecule has 0 aromatic rings. The van der Waals surface area contributed by atoms with E-state index in [1.165, 1.54) is 25.7 Å². The van der Waals surface area contributed by atoms with Crippen molar-refractivity contribution in [2.75, 3.05) is 26.4 Å². The van der Waals surface area contributed by atoms with Crippen molar-refractivity contribution in [3.8, 4) is 0 Å². The largest absolute Gasteiger partial charge is 0.394 e. The summed E-state index contributed by atoms with van der Waals surface area (Å²) in [5, 5.41) is 79.2. The lowest BCUT2D eigenvalue weighted by molar-refractivity contribution is -0.312. The van der Waals surface area contributed by atoms with E-state index in [2.05, 4.69) is 6.92 Å². The topological polar surface area (TPSA) is 199 Å². The Morgan fingerprint density at radius 3 is 1.38 bits per heavy atom. The zero-order chi connectivity index (χ0) is 27.4. The lowest BCUT2D eigenvalue weighted by Crippen LogP contribution is -2.59. The van der Waals surface area contributed by atoms with Crippen LogP contribution in [0.5, 0.6) is 0 Å². The van der Waals surface area contributed by atoms with E-state index in [1.54, 1.807) is 0 Å². The lowest BCUT2D eigenvalue weighted by Gasteiger charge is -2.41. The van der Waals surface area contributed by atoms with E-state index >= 15 is 0 Å². The molecule has 0 aliphatic carbocycles. The van der Waals surface area contributed by atoms with E-state index in [-0.39, 0.29) is 19.1 Å². The predicted molar refractivity (Wildman–Crippen MR) is 130 cm³/mol. The summed E-state index contributed by atoms with van der Waals surface area (Å²) in [5.74, 6) is -0.250. The second kappa shape index (κ2) is 17.3. The Hall–Kier alpha value is -0.480. The first-order valence-electron chi connectivity index (χ1n) is 13.6. The van der Waals surface area contributed by atoms with Crippen LogP contribution in [0.15, 0.2) is 0 Å². The number of aliphatic hydroxyl groups is 8. The van der Waals surface area contributed by atoms with E-state index in [4.69, 9.17) is 18.9 Å². The van der Waals surface area contributed by atoms with Gasteiger partial charge in [-0.25, -0.2) is 0 Å². The van der Waals surface area contributed by atoms with Crippen LogP contribution in [0, 0.1) is 5.92 Å². The van der Waals surface area contributed by atoms with E-state index in [0.29, 0.717) is 6.42 Å². The molecule has 0 bridgehead atoms. The van der Waals surface area contributed by atoms with Crippen molar-refractivity contribution in [2.24, 2.45) is 5.92 Å². The Kier molecular flexibility index (Phi) is 15.3. The van der Waals surface area contributed by atoms with Gasteiger partial charge in [-0.3, -0.25) is 0 Å². The van der Waals surface area contributed by atoms with Crippen LogP contribution in [-0.2, 0) is 18.9 Å². The zero-order valence-electron chi connectivity index (χ0n) is 21.8. The minimum Gasteiger partial charge on any atom is -0.394 e. The molecule has 2 aliphatic rings. The van der Waals surface area contributed by atoms with E-state index < -0.39 is 74.6 Å². The summed E-state index contributed by atoms with van der Waals surface area (Å²) in [6.45, 7) is 1.13. The molecule has 0 amide bonds. The Labute approximate surface area is 218 Å². The van der Waals surface area contributed by atoms with Crippen molar-refractivity contribution in [2.45, 2.75) is 126 Å². The third-order valence-electron chi connectivity index (χ3n) is 7.16. The number of unbranched alkanes of at least 4 members (excludes halogenated alkanes) is 7. The molecule has 11 atom stereocenters. The van der Waals surface area contributed by atoms with Crippen LogP contribution in [0.4, 0.5) is 0 Å². The van der Waals surface area contributed by atoms with Gasteiger partial charge in [-0.1, -0.05) is 58.3 Å². The third-order valence-corrected chi connectivity index (χ3v) is 7.16. The van der Waals surface area contributed by atoms with Crippen molar-refractivity contribution in [1.29, 1.82) is 0 Å². The van der Waals surface area contributed by atoms with Crippen molar-refractivity contribution < 1.29 is 59.8 Å². The van der Waals surface area contributed by atoms with Gasteiger partial charge >= 0.3 is 0 Å². The van der Waals surface area contributed by atoms with Gasteiger partial charge in [0, 0.05) is 5.92 Å². The van der Waals surface area contributed by atoms with Crippen molar-refractivity contribution in [1.82, 2.24) is 0 Å². The summed E-state index contributed by atoms with van der Waals surface area (Å²) in [6.07, 6.45) is -4.14. The van der Waals surface area contributed by atoms with Gasteiger partial charge in [0.2, 0.25) is 0 Å². The lowest BCUT2D eigenvalue weighted by atomic mass is 9.98. The van der Waals surface area contributed by atoms with Crippen LogP contribution in [0.1, 0.15) is 64.7 Å². The molecule has 8 N–H and O–H groups in total. The molecule has 0 aromatic heterocycles. The summed E-state index contributed by atoms with van der Waals surface area (Å²) in [7, 11) is 0. The van der Waals surface area contributed by atoms with Gasteiger partial charge in [-0.05, 0) is 6.42 Å². The third kappa shape index (κ3) is 9.89. The second-order valence-corrected chi connectivity index (χ2v) is 10.2. The molecule has 220 valence electrons. The minimum atomic E-state index is -1.55. The standard InChI is InChI=1S/C25H48O12/c1-2-3-4-5-6-7-8-9-10-15(13-34-24-22(32)20(30)18(28)16(11-26)36-24)14-35-25-23(33)21(31)19(29)17(12-27)37-25/h15-33H,2-14H2,1H3/t15?,16-,17-,18-,19-,20+,21+,22-,23-,24-,25+/m1/s1. The highest BCUT2D eigenvalue weighted by Gasteiger charge is 2.45. The fourth-order valence-electron chi connectivity index (χ4n) is 4.65. The molecule has 2 heterocycles. The molecule has 37 heavy (non-hydrogen) atoms. The normalized spacial score (nSPS) is 37.5. The molecule has 12 nitrogen and oxygen atoms in total. The van der Waals surface area contributed by atoms with Crippen molar-refractivity contribution in [3.05, 3.63) is 0 Å². The molecule has 0 saturated carbocycles. The van der Waals surface area contributed by atoms with Gasteiger partial charge in [0.25, 0.3) is 0 Å². The molecule has 1 unspecified atom stereocenters. The van der Waals surface area contributed by atoms with Gasteiger partial charge in [-0.2, -0.15) is 0 Å². The van der Waals surface area contributed by atoms with E-state index in [0.717, 1.165) is 25.7 Å². The highest BCUT2D eigenvalue weighted by molar-refractivity contribution is 4.90. The number of hydrogen-bond donors (Lipinski definition) is 8. The molecule has 0 radical (unpaired) electrons. The minimum absolute atomic E-state index is 0.0383. The SMILES string of the molecule is CCCCCCCCCCC(CO[C@@H]1O[C@H](CO)[C@@H](O)[C@H](O)[C@H]1O)CO[C@H]1O[C@H](CO)[C@@H](O)[C@H](O)[C@H]1O. The Morgan fingerprint density at radius 1 is 0.568 bits per heavy atom. The average Bonchev–Trinajstić information content (AvgIpc) is 2.90. The first kappa shape index (κ1) is 32.7. The van der Waals surface area contributed by atoms with Crippen molar-refractivity contribution in [3.63, 3.8) is 0 Å². The summed E-state index contributed by atoms with van der Waals surface area (Å²) in [5.41, 5.74) is 0. The molecule has 0 aromatic carbocycles. The number of hydrogen-bond acceptors (Lipinski definition) is 12. The maximum absolute atomic E-state index is 10.2. The quantitative estimate of drug-likeness (QED) is 0.102. The van der Waals surface area contributed by atoms with Crippen molar-refractivity contribution >= 4 is 0 Å². The van der Waals surface area contributed by atoms with Crippen LogP contribution in [-0.4, -0.2) is 129 Å². The highest BCUT2D eigenvalue weighted by Crippen LogP contribution is 2.26. The number of rotatable bonds is 17. The predicted octanol–water partition coefficient (Wildman–Crippen LogP) is -1.23. The number of ether oxygens (including phenoxy) is 4. The Morgan fingerprint density at radius 2 is 0.973 bits per heavy atom. The van der Waals surface area contributed by atoms with Crippen LogP contribution >= 0.6 is 0 Å². The van der Waals surface area contributed by atoms with Gasteiger partial charge in [0.15, 0.2) is 12.6 Å². The molecular formula is C25H48O12. The fourth-order valence-corrected chi connectivity index (χ4v) is 4.65. The number of aliphatic hydroxyl groups excluding tert-OH is 8.